The van der Waals surface area contributed by atoms with Crippen molar-refractivity contribution in [3.8, 4) is 0 Å². The SMILES string of the molecule is [CH2]CC(Cc1ccc(C(=O)NN)cc1)c1ccccc1. The van der Waals surface area contributed by atoms with E-state index in [1.165, 1.54) is 11.1 Å². The minimum atomic E-state index is -0.270. The van der Waals surface area contributed by atoms with Crippen LogP contribution in [0.25, 0.3) is 0 Å². The summed E-state index contributed by atoms with van der Waals surface area (Å²) < 4.78 is 0. The summed E-state index contributed by atoms with van der Waals surface area (Å²) in [4.78, 5) is 11.4. The average molecular weight is 267 g/mol. The number of amides is 1. The van der Waals surface area contributed by atoms with Crippen LogP contribution in [0.1, 0.15) is 33.8 Å². The molecule has 1 amide bonds. The van der Waals surface area contributed by atoms with Gasteiger partial charge in [-0.3, -0.25) is 10.2 Å². The van der Waals surface area contributed by atoms with Gasteiger partial charge in [0.05, 0.1) is 0 Å². The first kappa shape index (κ1) is 14.3. The summed E-state index contributed by atoms with van der Waals surface area (Å²) in [5, 5.41) is 0. The van der Waals surface area contributed by atoms with E-state index in [1.54, 1.807) is 12.1 Å². The third kappa shape index (κ3) is 3.45. The Morgan fingerprint density at radius 1 is 1.10 bits per heavy atom. The minimum Gasteiger partial charge on any atom is -0.290 e. The molecular formula is C17H19N2O. The van der Waals surface area contributed by atoms with Gasteiger partial charge in [-0.05, 0) is 42.0 Å². The summed E-state index contributed by atoms with van der Waals surface area (Å²) in [5.41, 5.74) is 5.19. The molecule has 0 saturated heterocycles. The molecule has 3 heteroatoms. The molecule has 2 rings (SSSR count). The van der Waals surface area contributed by atoms with E-state index in [4.69, 9.17) is 5.84 Å². The van der Waals surface area contributed by atoms with Gasteiger partial charge in [-0.2, -0.15) is 0 Å². The highest BCUT2D eigenvalue weighted by Crippen LogP contribution is 2.23. The average Bonchev–Trinajstić information content (AvgIpc) is 2.53. The Bertz CT molecular complexity index is 549. The standard InChI is InChI=1S/C17H19N2O/c1-2-14(15-6-4-3-5-7-15)12-13-8-10-16(11-9-13)17(20)19-18/h3-11,14H,1-2,12,18H2,(H,19,20). The Labute approximate surface area is 119 Å². The molecule has 1 atom stereocenters. The fourth-order valence-corrected chi connectivity index (χ4v) is 2.27. The summed E-state index contributed by atoms with van der Waals surface area (Å²) in [7, 11) is 0. The van der Waals surface area contributed by atoms with Crippen molar-refractivity contribution in [1.29, 1.82) is 0 Å². The number of nitrogens with one attached hydrogen (secondary N) is 1. The zero-order chi connectivity index (χ0) is 14.4. The first-order chi connectivity index (χ1) is 9.74. The molecule has 3 nitrogen and oxygen atoms in total. The van der Waals surface area contributed by atoms with E-state index < -0.39 is 0 Å². The zero-order valence-corrected chi connectivity index (χ0v) is 11.4. The van der Waals surface area contributed by atoms with Crippen LogP contribution in [0.3, 0.4) is 0 Å². The van der Waals surface area contributed by atoms with Gasteiger partial charge in [-0.1, -0.05) is 49.4 Å². The smallest absolute Gasteiger partial charge is 0.265 e. The molecule has 0 fully saturated rings. The molecule has 1 unspecified atom stereocenters. The molecule has 0 aliphatic heterocycles. The normalized spacial score (nSPS) is 11.9. The lowest BCUT2D eigenvalue weighted by Gasteiger charge is -2.15. The molecule has 2 aromatic rings. The maximum Gasteiger partial charge on any atom is 0.265 e. The van der Waals surface area contributed by atoms with Crippen LogP contribution in [0.4, 0.5) is 0 Å². The van der Waals surface area contributed by atoms with Crippen LogP contribution in [0.15, 0.2) is 54.6 Å². The number of nitrogen functional groups attached to an aromatic ring is 1. The number of benzene rings is 2. The lowest BCUT2D eigenvalue weighted by atomic mass is 9.90. The lowest BCUT2D eigenvalue weighted by molar-refractivity contribution is 0.0953. The third-order valence-electron chi connectivity index (χ3n) is 3.45. The molecule has 3 N–H and O–H groups in total. The molecule has 0 saturated carbocycles. The van der Waals surface area contributed by atoms with E-state index in [1.807, 2.05) is 30.3 Å². The largest absolute Gasteiger partial charge is 0.290 e. The molecule has 0 aromatic heterocycles. The molecule has 20 heavy (non-hydrogen) atoms. The molecule has 2 aromatic carbocycles. The Balaban J connectivity index is 2.10. The van der Waals surface area contributed by atoms with Crippen molar-refractivity contribution >= 4 is 5.91 Å². The van der Waals surface area contributed by atoms with Crippen LogP contribution >= 0.6 is 0 Å². The first-order valence-electron chi connectivity index (χ1n) is 6.68. The van der Waals surface area contributed by atoms with Crippen molar-refractivity contribution in [1.82, 2.24) is 5.43 Å². The fourth-order valence-electron chi connectivity index (χ4n) is 2.27. The Hall–Kier alpha value is -2.13. The Morgan fingerprint density at radius 3 is 2.30 bits per heavy atom. The van der Waals surface area contributed by atoms with Crippen molar-refractivity contribution in [2.24, 2.45) is 5.84 Å². The summed E-state index contributed by atoms with van der Waals surface area (Å²) in [6, 6.07) is 17.9. The van der Waals surface area contributed by atoms with Gasteiger partial charge in [-0.15, -0.1) is 0 Å². The van der Waals surface area contributed by atoms with Gasteiger partial charge in [0.1, 0.15) is 0 Å². The van der Waals surface area contributed by atoms with E-state index in [0.29, 0.717) is 11.5 Å². The maximum atomic E-state index is 11.4. The fraction of sp³-hybridized carbons (Fsp3) is 0.176. The van der Waals surface area contributed by atoms with E-state index >= 15 is 0 Å². The number of hydrogen-bond acceptors (Lipinski definition) is 2. The van der Waals surface area contributed by atoms with E-state index in [2.05, 4.69) is 24.5 Å². The van der Waals surface area contributed by atoms with Gasteiger partial charge in [0, 0.05) is 5.56 Å². The van der Waals surface area contributed by atoms with Crippen LogP contribution in [-0.2, 0) is 6.42 Å². The molecule has 1 radical (unpaired) electrons. The first-order valence-corrected chi connectivity index (χ1v) is 6.68. The Morgan fingerprint density at radius 2 is 1.75 bits per heavy atom. The van der Waals surface area contributed by atoms with E-state index in [9.17, 15) is 4.79 Å². The predicted molar refractivity (Wildman–Crippen MR) is 81.0 cm³/mol. The van der Waals surface area contributed by atoms with E-state index in [-0.39, 0.29) is 5.91 Å². The number of nitrogens with two attached hydrogens (primary N) is 1. The molecular weight excluding hydrogens is 248 g/mol. The van der Waals surface area contributed by atoms with Gasteiger partial charge in [0.15, 0.2) is 0 Å². The van der Waals surface area contributed by atoms with Gasteiger partial charge < -0.3 is 0 Å². The van der Waals surface area contributed by atoms with Crippen molar-refractivity contribution < 1.29 is 4.79 Å². The van der Waals surface area contributed by atoms with Crippen molar-refractivity contribution in [2.45, 2.75) is 18.8 Å². The number of carbonyl (C=O) groups excluding carboxylic acids is 1. The van der Waals surface area contributed by atoms with Gasteiger partial charge in [-0.25, -0.2) is 5.84 Å². The lowest BCUT2D eigenvalue weighted by Crippen LogP contribution is -2.29. The zero-order valence-electron chi connectivity index (χ0n) is 11.4. The number of rotatable bonds is 5. The number of hydrazine groups is 1. The maximum absolute atomic E-state index is 11.4. The Kier molecular flexibility index (Phi) is 4.91. The minimum absolute atomic E-state index is 0.270. The van der Waals surface area contributed by atoms with Gasteiger partial charge >= 0.3 is 0 Å². The summed E-state index contributed by atoms with van der Waals surface area (Å²) >= 11 is 0. The van der Waals surface area contributed by atoms with Gasteiger partial charge in [0.25, 0.3) is 5.91 Å². The quantitative estimate of drug-likeness (QED) is 0.497. The summed E-state index contributed by atoms with van der Waals surface area (Å²) in [6.07, 6.45) is 1.76. The van der Waals surface area contributed by atoms with Crippen molar-refractivity contribution in [3.63, 3.8) is 0 Å². The van der Waals surface area contributed by atoms with Crippen LogP contribution in [0.5, 0.6) is 0 Å². The summed E-state index contributed by atoms with van der Waals surface area (Å²) in [6.45, 7) is 4.04. The molecule has 0 bridgehead atoms. The number of hydrogen-bond donors (Lipinski definition) is 2. The van der Waals surface area contributed by atoms with Crippen LogP contribution < -0.4 is 11.3 Å². The van der Waals surface area contributed by atoms with Gasteiger partial charge in [0.2, 0.25) is 0 Å². The highest BCUT2D eigenvalue weighted by molar-refractivity contribution is 5.93. The van der Waals surface area contributed by atoms with Crippen molar-refractivity contribution in [2.75, 3.05) is 0 Å². The molecule has 0 aliphatic carbocycles. The van der Waals surface area contributed by atoms with E-state index in [0.717, 1.165) is 12.8 Å². The monoisotopic (exact) mass is 267 g/mol. The topological polar surface area (TPSA) is 55.1 Å². The van der Waals surface area contributed by atoms with Crippen LogP contribution in [0.2, 0.25) is 0 Å². The second kappa shape index (κ2) is 6.87. The van der Waals surface area contributed by atoms with Crippen molar-refractivity contribution in [3.05, 3.63) is 78.2 Å². The molecule has 0 spiro atoms. The van der Waals surface area contributed by atoms with Crippen LogP contribution in [0, 0.1) is 6.92 Å². The molecule has 0 aliphatic rings. The third-order valence-corrected chi connectivity index (χ3v) is 3.45. The van der Waals surface area contributed by atoms with Crippen LogP contribution in [-0.4, -0.2) is 5.91 Å². The number of carbonyl (C=O) groups is 1. The molecule has 103 valence electrons. The molecule has 0 heterocycles. The summed E-state index contributed by atoms with van der Waals surface area (Å²) in [5.74, 6) is 5.24. The predicted octanol–water partition coefficient (Wildman–Crippen LogP) is 2.84. The second-order valence-corrected chi connectivity index (χ2v) is 4.77. The highest BCUT2D eigenvalue weighted by atomic mass is 16.2. The second-order valence-electron chi connectivity index (χ2n) is 4.77. The highest BCUT2D eigenvalue weighted by Gasteiger charge is 2.10.